The molecule has 1 aromatic heterocycles. The van der Waals surface area contributed by atoms with Crippen LogP contribution < -0.4 is 0 Å². The molecule has 0 aliphatic heterocycles. The van der Waals surface area contributed by atoms with E-state index in [9.17, 15) is 0 Å². The van der Waals surface area contributed by atoms with E-state index in [4.69, 9.17) is 4.42 Å². The van der Waals surface area contributed by atoms with E-state index >= 15 is 0 Å². The topological polar surface area (TPSA) is 13.1 Å². The molecule has 74 valence electrons. The quantitative estimate of drug-likeness (QED) is 0.577. The average molecular weight is 216 g/mol. The van der Waals surface area contributed by atoms with Gasteiger partial charge in [-0.25, -0.2) is 0 Å². The third kappa shape index (κ3) is 4.14. The van der Waals surface area contributed by atoms with E-state index in [1.807, 2.05) is 17.8 Å². The Morgan fingerprint density at radius 1 is 1.46 bits per heavy atom. The summed E-state index contributed by atoms with van der Waals surface area (Å²) in [7, 11) is 0. The molecule has 0 N–H and O–H groups in total. The summed E-state index contributed by atoms with van der Waals surface area (Å²) < 4.78 is 5.33. The molecule has 0 aliphatic carbocycles. The van der Waals surface area contributed by atoms with Crippen molar-refractivity contribution < 1.29 is 4.42 Å². The lowest BCUT2D eigenvalue weighted by atomic mass is 10.3. The van der Waals surface area contributed by atoms with Crippen molar-refractivity contribution in [2.24, 2.45) is 0 Å². The van der Waals surface area contributed by atoms with Gasteiger partial charge in [-0.05, 0) is 42.9 Å². The van der Waals surface area contributed by atoms with Crippen molar-refractivity contribution in [3.63, 3.8) is 0 Å². The van der Waals surface area contributed by atoms with Gasteiger partial charge in [0.2, 0.25) is 0 Å². The van der Waals surface area contributed by atoms with Crippen molar-refractivity contribution in [3.05, 3.63) is 23.7 Å². The lowest BCUT2D eigenvalue weighted by molar-refractivity contribution is 0.528. The van der Waals surface area contributed by atoms with Gasteiger partial charge >= 0.3 is 0 Å². The van der Waals surface area contributed by atoms with E-state index in [1.54, 1.807) is 6.26 Å². The molecular weight excluding hydrogens is 200 g/mol. The summed E-state index contributed by atoms with van der Waals surface area (Å²) in [5.41, 5.74) is 1.27. The minimum Gasteiger partial charge on any atom is -0.468 e. The van der Waals surface area contributed by atoms with Crippen molar-refractivity contribution in [3.8, 4) is 0 Å². The van der Waals surface area contributed by atoms with Crippen molar-refractivity contribution >= 4 is 24.4 Å². The first-order valence-electron chi connectivity index (χ1n) is 4.56. The highest BCUT2D eigenvalue weighted by Crippen LogP contribution is 2.17. The van der Waals surface area contributed by atoms with E-state index in [2.05, 4.69) is 19.6 Å². The van der Waals surface area contributed by atoms with Crippen LogP contribution in [0.5, 0.6) is 0 Å². The van der Waals surface area contributed by atoms with E-state index in [1.165, 1.54) is 24.2 Å². The van der Waals surface area contributed by atoms with Crippen LogP contribution in [0.25, 0.3) is 0 Å². The first kappa shape index (κ1) is 11.1. The third-order valence-electron chi connectivity index (χ3n) is 1.90. The largest absolute Gasteiger partial charge is 0.468 e. The molecule has 0 amide bonds. The Morgan fingerprint density at radius 2 is 2.31 bits per heavy atom. The second-order valence-electron chi connectivity index (χ2n) is 3.01. The molecule has 13 heavy (non-hydrogen) atoms. The van der Waals surface area contributed by atoms with Gasteiger partial charge in [0.25, 0.3) is 0 Å². The molecule has 1 rings (SSSR count). The number of unbranched alkanes of at least 4 members (excludes halogenated alkanes) is 1. The van der Waals surface area contributed by atoms with E-state index in [0.29, 0.717) is 0 Å². The molecular formula is C10H16OS2. The molecule has 0 saturated heterocycles. The highest BCUT2D eigenvalue weighted by molar-refractivity contribution is 7.98. The SMILES string of the molecule is Cc1ccoc1CSCCCCS. The lowest BCUT2D eigenvalue weighted by Gasteiger charge is -1.99. The number of aryl methyl sites for hydroxylation is 1. The normalized spacial score (nSPS) is 10.6. The van der Waals surface area contributed by atoms with Crippen LogP contribution in [0.4, 0.5) is 0 Å². The molecule has 0 fully saturated rings. The summed E-state index contributed by atoms with van der Waals surface area (Å²) in [5, 5.41) is 0. The Kier molecular flexibility index (Phi) is 5.47. The van der Waals surface area contributed by atoms with Crippen LogP contribution in [-0.4, -0.2) is 11.5 Å². The maximum absolute atomic E-state index is 5.33. The first-order valence-corrected chi connectivity index (χ1v) is 6.35. The Bertz CT molecular complexity index is 233. The van der Waals surface area contributed by atoms with E-state index in [0.717, 1.165) is 17.3 Å². The van der Waals surface area contributed by atoms with E-state index in [-0.39, 0.29) is 0 Å². The molecule has 0 unspecified atom stereocenters. The lowest BCUT2D eigenvalue weighted by Crippen LogP contribution is -1.84. The summed E-state index contributed by atoms with van der Waals surface area (Å²) in [6.45, 7) is 2.09. The second-order valence-corrected chi connectivity index (χ2v) is 4.56. The number of hydrogen-bond acceptors (Lipinski definition) is 3. The van der Waals surface area contributed by atoms with Crippen molar-refractivity contribution in [1.29, 1.82) is 0 Å². The van der Waals surface area contributed by atoms with Crippen LogP contribution in [0.2, 0.25) is 0 Å². The molecule has 3 heteroatoms. The monoisotopic (exact) mass is 216 g/mol. The van der Waals surface area contributed by atoms with Crippen molar-refractivity contribution in [1.82, 2.24) is 0 Å². The standard InChI is InChI=1S/C10H16OS2/c1-9-4-5-11-10(9)8-13-7-3-2-6-12/h4-5,12H,2-3,6-8H2,1H3. The maximum atomic E-state index is 5.33. The van der Waals surface area contributed by atoms with Gasteiger partial charge in [-0.15, -0.1) is 0 Å². The Morgan fingerprint density at radius 3 is 2.92 bits per heavy atom. The molecule has 0 atom stereocenters. The van der Waals surface area contributed by atoms with Gasteiger partial charge in [0.05, 0.1) is 12.0 Å². The third-order valence-corrected chi connectivity index (χ3v) is 3.26. The van der Waals surface area contributed by atoms with Gasteiger partial charge in [-0.3, -0.25) is 0 Å². The van der Waals surface area contributed by atoms with Crippen LogP contribution in [0, 0.1) is 6.92 Å². The molecule has 0 radical (unpaired) electrons. The van der Waals surface area contributed by atoms with Gasteiger partial charge in [0.1, 0.15) is 5.76 Å². The summed E-state index contributed by atoms with van der Waals surface area (Å²) in [5.74, 6) is 4.34. The zero-order valence-electron chi connectivity index (χ0n) is 7.95. The number of rotatable bonds is 6. The van der Waals surface area contributed by atoms with Gasteiger partial charge in [0.15, 0.2) is 0 Å². The van der Waals surface area contributed by atoms with Crippen LogP contribution in [0.15, 0.2) is 16.7 Å². The van der Waals surface area contributed by atoms with Crippen LogP contribution in [0.3, 0.4) is 0 Å². The molecule has 0 saturated carbocycles. The highest BCUT2D eigenvalue weighted by atomic mass is 32.2. The summed E-state index contributed by atoms with van der Waals surface area (Å²) in [4.78, 5) is 0. The number of furan rings is 1. The zero-order valence-corrected chi connectivity index (χ0v) is 9.66. The fourth-order valence-electron chi connectivity index (χ4n) is 1.03. The number of thiol groups is 1. The second kappa shape index (κ2) is 6.44. The highest BCUT2D eigenvalue weighted by Gasteiger charge is 2.00. The predicted octanol–water partition coefficient (Wildman–Crippen LogP) is 3.53. The molecule has 0 spiro atoms. The minimum atomic E-state index is 1.00. The molecule has 1 heterocycles. The fourth-order valence-corrected chi connectivity index (χ4v) is 2.29. The van der Waals surface area contributed by atoms with Gasteiger partial charge < -0.3 is 4.42 Å². The Labute approximate surface area is 89.7 Å². The van der Waals surface area contributed by atoms with E-state index < -0.39 is 0 Å². The van der Waals surface area contributed by atoms with Gasteiger partial charge in [0, 0.05) is 0 Å². The zero-order chi connectivity index (χ0) is 9.52. The van der Waals surface area contributed by atoms with Crippen LogP contribution in [0.1, 0.15) is 24.2 Å². The van der Waals surface area contributed by atoms with Crippen molar-refractivity contribution in [2.45, 2.75) is 25.5 Å². The van der Waals surface area contributed by atoms with Crippen LogP contribution >= 0.6 is 24.4 Å². The molecule has 1 nitrogen and oxygen atoms in total. The Balaban J connectivity index is 2.10. The summed E-state index contributed by atoms with van der Waals surface area (Å²) in [6, 6.07) is 2.02. The predicted molar refractivity (Wildman–Crippen MR) is 62.7 cm³/mol. The smallest absolute Gasteiger partial charge is 0.116 e. The van der Waals surface area contributed by atoms with Gasteiger partial charge in [-0.1, -0.05) is 0 Å². The molecule has 0 aliphatic rings. The number of hydrogen-bond donors (Lipinski definition) is 1. The average Bonchev–Trinajstić information content (AvgIpc) is 2.52. The minimum absolute atomic E-state index is 1.00. The van der Waals surface area contributed by atoms with Crippen molar-refractivity contribution in [2.75, 3.05) is 11.5 Å². The Hall–Kier alpha value is -0.0200. The van der Waals surface area contributed by atoms with Crippen LogP contribution in [-0.2, 0) is 5.75 Å². The number of thioether (sulfide) groups is 1. The first-order chi connectivity index (χ1) is 6.34. The van der Waals surface area contributed by atoms with Gasteiger partial charge in [-0.2, -0.15) is 24.4 Å². The summed E-state index contributed by atoms with van der Waals surface area (Å²) >= 11 is 6.11. The fraction of sp³-hybridized carbons (Fsp3) is 0.600. The molecule has 1 aromatic rings. The maximum Gasteiger partial charge on any atom is 0.116 e. The molecule has 0 aromatic carbocycles. The summed E-state index contributed by atoms with van der Waals surface area (Å²) in [6.07, 6.45) is 4.24. The molecule has 0 bridgehead atoms.